The van der Waals surface area contributed by atoms with Gasteiger partial charge in [-0.1, -0.05) is 11.6 Å². The Morgan fingerprint density at radius 3 is 2.62 bits per heavy atom. The van der Waals surface area contributed by atoms with Gasteiger partial charge in [-0.05, 0) is 18.2 Å². The molecule has 1 rings (SSSR count). The summed E-state index contributed by atoms with van der Waals surface area (Å²) in [6.45, 7) is 1.09. The Bertz CT molecular complexity index is 589. The van der Waals surface area contributed by atoms with Crippen molar-refractivity contribution in [2.75, 3.05) is 33.5 Å². The fraction of sp³-hybridized carbons (Fsp3) is 0.417. The first kappa shape index (κ1) is 17.9. The van der Waals surface area contributed by atoms with Crippen LogP contribution >= 0.6 is 11.6 Å². The predicted molar refractivity (Wildman–Crippen MR) is 76.3 cm³/mol. The highest BCUT2D eigenvalue weighted by Gasteiger charge is 2.17. The maximum atomic E-state index is 12.0. The standard InChI is InChI=1S/C12H16ClNO6S/c1-19-6-7-20-5-4-14-21(17,18)9-2-3-10(12(15)16)11(13)8-9/h2-3,8,14H,4-7H2,1H3,(H,15,16). The van der Waals surface area contributed by atoms with Gasteiger partial charge in [-0.25, -0.2) is 17.9 Å². The van der Waals surface area contributed by atoms with Gasteiger partial charge >= 0.3 is 5.97 Å². The van der Waals surface area contributed by atoms with Crippen molar-refractivity contribution in [2.24, 2.45) is 0 Å². The third-order valence-electron chi connectivity index (χ3n) is 2.45. The first-order valence-electron chi connectivity index (χ1n) is 5.97. The van der Waals surface area contributed by atoms with E-state index in [1.54, 1.807) is 0 Å². The number of methoxy groups -OCH3 is 1. The number of nitrogens with one attached hydrogen (secondary N) is 1. The van der Waals surface area contributed by atoms with Crippen molar-refractivity contribution in [3.63, 3.8) is 0 Å². The number of hydrogen-bond donors (Lipinski definition) is 2. The zero-order valence-corrected chi connectivity index (χ0v) is 12.9. The van der Waals surface area contributed by atoms with Crippen LogP contribution in [-0.2, 0) is 19.5 Å². The summed E-state index contributed by atoms with van der Waals surface area (Å²) >= 11 is 5.74. The average molecular weight is 338 g/mol. The topological polar surface area (TPSA) is 102 Å². The number of carboxylic acids is 1. The molecular weight excluding hydrogens is 322 g/mol. The molecule has 0 bridgehead atoms. The largest absolute Gasteiger partial charge is 0.478 e. The molecule has 0 aromatic heterocycles. The molecule has 1 aromatic carbocycles. The number of aromatic carboxylic acids is 1. The van der Waals surface area contributed by atoms with Crippen molar-refractivity contribution >= 4 is 27.6 Å². The van der Waals surface area contributed by atoms with Gasteiger partial charge in [0.05, 0.1) is 35.3 Å². The molecule has 118 valence electrons. The van der Waals surface area contributed by atoms with Crippen molar-refractivity contribution in [2.45, 2.75) is 4.90 Å². The maximum absolute atomic E-state index is 12.0. The van der Waals surface area contributed by atoms with Crippen molar-refractivity contribution in [1.29, 1.82) is 0 Å². The summed E-state index contributed by atoms with van der Waals surface area (Å²) < 4.78 is 36.1. The zero-order valence-electron chi connectivity index (χ0n) is 11.3. The Labute approximate surface area is 127 Å². The molecule has 0 heterocycles. The Hall–Kier alpha value is -1.19. The lowest BCUT2D eigenvalue weighted by Crippen LogP contribution is -2.28. The molecule has 0 aliphatic carbocycles. The van der Waals surface area contributed by atoms with E-state index in [1.165, 1.54) is 13.2 Å². The van der Waals surface area contributed by atoms with Crippen LogP contribution in [0.5, 0.6) is 0 Å². The van der Waals surface area contributed by atoms with Gasteiger partial charge < -0.3 is 14.6 Å². The van der Waals surface area contributed by atoms with Gasteiger partial charge in [0.2, 0.25) is 10.0 Å². The van der Waals surface area contributed by atoms with Crippen LogP contribution in [0.2, 0.25) is 5.02 Å². The first-order chi connectivity index (χ1) is 9.88. The fourth-order valence-corrected chi connectivity index (χ4v) is 2.78. The molecule has 0 amide bonds. The first-order valence-corrected chi connectivity index (χ1v) is 7.84. The minimum absolute atomic E-state index is 0.0876. The molecule has 0 saturated heterocycles. The lowest BCUT2D eigenvalue weighted by molar-refractivity contribution is 0.0697. The summed E-state index contributed by atoms with van der Waals surface area (Å²) in [6, 6.07) is 3.43. The van der Waals surface area contributed by atoms with Crippen LogP contribution in [0.25, 0.3) is 0 Å². The lowest BCUT2D eigenvalue weighted by atomic mass is 10.2. The Morgan fingerprint density at radius 2 is 2.05 bits per heavy atom. The van der Waals surface area contributed by atoms with Crippen molar-refractivity contribution in [3.8, 4) is 0 Å². The van der Waals surface area contributed by atoms with Crippen LogP contribution < -0.4 is 4.72 Å². The van der Waals surface area contributed by atoms with Crippen LogP contribution in [0.1, 0.15) is 10.4 Å². The van der Waals surface area contributed by atoms with Crippen LogP contribution in [0, 0.1) is 0 Å². The summed E-state index contributed by atoms with van der Waals surface area (Å²) in [5.74, 6) is -1.22. The molecule has 0 radical (unpaired) electrons. The van der Waals surface area contributed by atoms with E-state index >= 15 is 0 Å². The van der Waals surface area contributed by atoms with E-state index in [0.29, 0.717) is 13.2 Å². The normalized spacial score (nSPS) is 11.5. The smallest absolute Gasteiger partial charge is 0.337 e. The van der Waals surface area contributed by atoms with E-state index in [1.807, 2.05) is 0 Å². The van der Waals surface area contributed by atoms with Gasteiger partial charge in [0.15, 0.2) is 0 Å². The molecule has 0 atom stereocenters. The minimum Gasteiger partial charge on any atom is -0.478 e. The number of halogens is 1. The third kappa shape index (κ3) is 5.60. The van der Waals surface area contributed by atoms with Gasteiger partial charge in [-0.3, -0.25) is 0 Å². The molecule has 7 nitrogen and oxygen atoms in total. The van der Waals surface area contributed by atoms with Crippen LogP contribution in [-0.4, -0.2) is 53.0 Å². The molecule has 0 fully saturated rings. The summed E-state index contributed by atoms with van der Waals surface area (Å²) in [5, 5.41) is 8.69. The summed E-state index contributed by atoms with van der Waals surface area (Å²) in [7, 11) is -2.22. The summed E-state index contributed by atoms with van der Waals surface area (Å²) in [4.78, 5) is 10.7. The zero-order chi connectivity index (χ0) is 15.9. The molecule has 0 aliphatic rings. The fourth-order valence-electron chi connectivity index (χ4n) is 1.41. The lowest BCUT2D eigenvalue weighted by Gasteiger charge is -2.08. The SMILES string of the molecule is COCCOCCNS(=O)(=O)c1ccc(C(=O)O)c(Cl)c1. The van der Waals surface area contributed by atoms with Gasteiger partial charge in [-0.2, -0.15) is 0 Å². The van der Waals surface area contributed by atoms with Crippen molar-refractivity contribution in [3.05, 3.63) is 28.8 Å². The average Bonchev–Trinajstić information content (AvgIpc) is 2.42. The number of carbonyl (C=O) groups is 1. The van der Waals surface area contributed by atoms with Crippen molar-refractivity contribution in [1.82, 2.24) is 4.72 Å². The molecule has 0 aliphatic heterocycles. The highest BCUT2D eigenvalue weighted by molar-refractivity contribution is 7.89. The highest BCUT2D eigenvalue weighted by Crippen LogP contribution is 2.20. The van der Waals surface area contributed by atoms with E-state index in [2.05, 4.69) is 4.72 Å². The van der Waals surface area contributed by atoms with E-state index < -0.39 is 16.0 Å². The Balaban J connectivity index is 2.62. The van der Waals surface area contributed by atoms with Crippen LogP contribution in [0.4, 0.5) is 0 Å². The highest BCUT2D eigenvalue weighted by atomic mass is 35.5. The molecule has 0 spiro atoms. The minimum atomic E-state index is -3.76. The molecule has 2 N–H and O–H groups in total. The van der Waals surface area contributed by atoms with E-state index in [9.17, 15) is 13.2 Å². The monoisotopic (exact) mass is 337 g/mol. The Kier molecular flexibility index (Phi) is 7.06. The van der Waals surface area contributed by atoms with Crippen LogP contribution in [0.3, 0.4) is 0 Å². The van der Waals surface area contributed by atoms with E-state index in [-0.39, 0.29) is 28.6 Å². The second-order valence-electron chi connectivity index (χ2n) is 3.95. The molecular formula is C12H16ClNO6S. The molecule has 9 heteroatoms. The number of rotatable bonds is 9. The number of ether oxygens (including phenoxy) is 2. The summed E-state index contributed by atoms with van der Waals surface area (Å²) in [6.07, 6.45) is 0. The predicted octanol–water partition coefficient (Wildman–Crippen LogP) is 0.980. The van der Waals surface area contributed by atoms with Gasteiger partial charge in [0.25, 0.3) is 0 Å². The van der Waals surface area contributed by atoms with Gasteiger partial charge in [0, 0.05) is 13.7 Å². The molecule has 0 unspecified atom stereocenters. The van der Waals surface area contributed by atoms with Crippen molar-refractivity contribution < 1.29 is 27.8 Å². The molecule has 0 saturated carbocycles. The number of hydrogen-bond acceptors (Lipinski definition) is 5. The number of carboxylic acid groups (broad SMARTS) is 1. The number of sulfonamides is 1. The second kappa shape index (κ2) is 8.30. The van der Waals surface area contributed by atoms with E-state index in [4.69, 9.17) is 26.2 Å². The molecule has 21 heavy (non-hydrogen) atoms. The van der Waals surface area contributed by atoms with Crippen LogP contribution in [0.15, 0.2) is 23.1 Å². The summed E-state index contributed by atoms with van der Waals surface area (Å²) in [5.41, 5.74) is -0.154. The number of benzene rings is 1. The van der Waals surface area contributed by atoms with Gasteiger partial charge in [0.1, 0.15) is 0 Å². The molecule has 1 aromatic rings. The maximum Gasteiger partial charge on any atom is 0.337 e. The quantitative estimate of drug-likeness (QED) is 0.651. The second-order valence-corrected chi connectivity index (χ2v) is 6.12. The third-order valence-corrected chi connectivity index (χ3v) is 4.22. The Morgan fingerprint density at radius 1 is 1.33 bits per heavy atom. The van der Waals surface area contributed by atoms with Gasteiger partial charge in [-0.15, -0.1) is 0 Å². The van der Waals surface area contributed by atoms with E-state index in [0.717, 1.165) is 12.1 Å².